The number of aromatic nitrogens is 1. The van der Waals surface area contributed by atoms with Gasteiger partial charge in [-0.2, -0.15) is 0 Å². The van der Waals surface area contributed by atoms with Crippen LogP contribution >= 0.6 is 11.3 Å². The lowest BCUT2D eigenvalue weighted by molar-refractivity contribution is 0.620. The number of rotatable bonds is 7. The van der Waals surface area contributed by atoms with Crippen molar-refractivity contribution in [2.24, 2.45) is 0 Å². The number of nitrogens with zero attached hydrogens (tertiary/aromatic N) is 2. The quantitative estimate of drug-likeness (QED) is 0.161. The molecule has 0 aliphatic heterocycles. The largest absolute Gasteiger partial charge is 0.436 e. The van der Waals surface area contributed by atoms with E-state index in [1.807, 2.05) is 35.6 Å². The van der Waals surface area contributed by atoms with Gasteiger partial charge in [0, 0.05) is 37.1 Å². The fourth-order valence-electron chi connectivity index (χ4n) is 8.95. The highest BCUT2D eigenvalue weighted by molar-refractivity contribution is 7.26. The van der Waals surface area contributed by atoms with Gasteiger partial charge >= 0.3 is 0 Å². The van der Waals surface area contributed by atoms with Crippen LogP contribution in [0.15, 0.2) is 223 Å². The number of fused-ring (bicyclic) bond motifs is 7. The molecule has 10 aromatic carbocycles. The van der Waals surface area contributed by atoms with Gasteiger partial charge in [-0.15, -0.1) is 11.3 Å². The molecular weight excluding hydrogens is 761 g/mol. The van der Waals surface area contributed by atoms with Crippen LogP contribution < -0.4 is 4.90 Å². The molecule has 0 bridgehead atoms. The fourth-order valence-corrected chi connectivity index (χ4v) is 10.3. The van der Waals surface area contributed by atoms with Gasteiger partial charge in [0.05, 0.1) is 5.69 Å². The number of hydrogen-bond acceptors (Lipinski definition) is 4. The van der Waals surface area contributed by atoms with Gasteiger partial charge in [0.1, 0.15) is 5.52 Å². The second-order valence-corrected chi connectivity index (χ2v) is 16.5. The molecule has 0 aliphatic carbocycles. The Bertz CT molecular complexity index is 3460. The highest BCUT2D eigenvalue weighted by atomic mass is 32.1. The van der Waals surface area contributed by atoms with Crippen LogP contribution in [0.1, 0.15) is 0 Å². The van der Waals surface area contributed by atoms with Crippen molar-refractivity contribution in [2.45, 2.75) is 0 Å². The Morgan fingerprint density at radius 3 is 1.62 bits per heavy atom. The molecular formula is C57H36N2OS. The van der Waals surface area contributed by atoms with Crippen LogP contribution in [0.25, 0.3) is 97.7 Å². The molecule has 0 aliphatic rings. The minimum atomic E-state index is 0.636. The van der Waals surface area contributed by atoms with Crippen molar-refractivity contribution >= 4 is 81.2 Å². The van der Waals surface area contributed by atoms with Crippen molar-refractivity contribution in [2.75, 3.05) is 4.90 Å². The first-order valence-corrected chi connectivity index (χ1v) is 21.4. The van der Waals surface area contributed by atoms with Crippen LogP contribution in [-0.4, -0.2) is 4.98 Å². The highest BCUT2D eigenvalue weighted by Crippen LogP contribution is 2.49. The second-order valence-electron chi connectivity index (χ2n) is 15.5. The van der Waals surface area contributed by atoms with E-state index in [-0.39, 0.29) is 0 Å². The van der Waals surface area contributed by atoms with E-state index in [2.05, 4.69) is 199 Å². The summed E-state index contributed by atoms with van der Waals surface area (Å²) in [5.41, 5.74) is 13.1. The zero-order valence-electron chi connectivity index (χ0n) is 33.0. The van der Waals surface area contributed by atoms with Gasteiger partial charge in [-0.05, 0) is 110 Å². The third kappa shape index (κ3) is 6.07. The molecule has 0 saturated heterocycles. The van der Waals surface area contributed by atoms with Gasteiger partial charge in [0.25, 0.3) is 0 Å². The van der Waals surface area contributed by atoms with E-state index >= 15 is 0 Å². The Balaban J connectivity index is 1.04. The van der Waals surface area contributed by atoms with Gasteiger partial charge in [0.15, 0.2) is 5.58 Å². The summed E-state index contributed by atoms with van der Waals surface area (Å²) >= 11 is 1.88. The smallest absolute Gasteiger partial charge is 0.227 e. The fraction of sp³-hybridized carbons (Fsp3) is 0. The summed E-state index contributed by atoms with van der Waals surface area (Å²) in [6, 6.07) is 78.3. The van der Waals surface area contributed by atoms with E-state index in [9.17, 15) is 0 Å². The minimum Gasteiger partial charge on any atom is -0.436 e. The number of hydrogen-bond donors (Lipinski definition) is 0. The third-order valence-electron chi connectivity index (χ3n) is 11.9. The van der Waals surface area contributed by atoms with Crippen molar-refractivity contribution < 1.29 is 4.42 Å². The van der Waals surface area contributed by atoms with Crippen molar-refractivity contribution in [1.82, 2.24) is 4.98 Å². The van der Waals surface area contributed by atoms with Crippen LogP contribution in [-0.2, 0) is 0 Å². The summed E-state index contributed by atoms with van der Waals surface area (Å²) in [5, 5.41) is 7.24. The number of para-hydroxylation sites is 2. The maximum absolute atomic E-state index is 6.27. The van der Waals surface area contributed by atoms with E-state index in [4.69, 9.17) is 9.40 Å². The third-order valence-corrected chi connectivity index (χ3v) is 13.1. The monoisotopic (exact) mass is 796 g/mol. The lowest BCUT2D eigenvalue weighted by Gasteiger charge is -2.27. The maximum Gasteiger partial charge on any atom is 0.227 e. The van der Waals surface area contributed by atoms with Gasteiger partial charge in [-0.3, -0.25) is 0 Å². The Morgan fingerprint density at radius 1 is 0.410 bits per heavy atom. The van der Waals surface area contributed by atoms with Crippen LogP contribution in [0, 0.1) is 0 Å². The maximum atomic E-state index is 6.27. The summed E-state index contributed by atoms with van der Waals surface area (Å²) in [6.45, 7) is 0. The van der Waals surface area contributed by atoms with Gasteiger partial charge in [0.2, 0.25) is 5.89 Å². The molecule has 0 N–H and O–H groups in total. The van der Waals surface area contributed by atoms with Crippen molar-refractivity contribution in [1.29, 1.82) is 0 Å². The molecule has 12 aromatic rings. The SMILES string of the molecule is c1ccc(-c2ccc(N(c3ccc(-c4ccccc4)cc3)c3cc4ccccc4c4sc5cc(-c6ccc(-c7nc8ccccc8o7)c7ccccc67)ccc5c34)cc2)cc1. The molecule has 4 heteroatoms. The molecule has 0 unspecified atom stereocenters. The Hall–Kier alpha value is -7.79. The number of thiophene rings is 1. The second kappa shape index (κ2) is 14.5. The summed E-state index contributed by atoms with van der Waals surface area (Å²) in [4.78, 5) is 7.30. The first kappa shape index (κ1) is 35.2. The molecule has 0 atom stereocenters. The predicted molar refractivity (Wildman–Crippen MR) is 258 cm³/mol. The Labute approximate surface area is 357 Å². The minimum absolute atomic E-state index is 0.636. The van der Waals surface area contributed by atoms with E-state index < -0.39 is 0 Å². The van der Waals surface area contributed by atoms with Crippen LogP contribution in [0.2, 0.25) is 0 Å². The number of anilines is 3. The lowest BCUT2D eigenvalue weighted by atomic mass is 9.94. The average Bonchev–Trinajstić information content (AvgIpc) is 3.95. The Morgan fingerprint density at radius 2 is 0.951 bits per heavy atom. The van der Waals surface area contributed by atoms with Crippen LogP contribution in [0.5, 0.6) is 0 Å². The number of oxazole rings is 1. The highest BCUT2D eigenvalue weighted by Gasteiger charge is 2.22. The van der Waals surface area contributed by atoms with Gasteiger partial charge < -0.3 is 9.32 Å². The van der Waals surface area contributed by atoms with Crippen molar-refractivity contribution in [3.05, 3.63) is 218 Å². The summed E-state index contributed by atoms with van der Waals surface area (Å²) in [5.74, 6) is 0.636. The Kier molecular flexibility index (Phi) is 8.36. The molecule has 3 nitrogen and oxygen atoms in total. The predicted octanol–water partition coefficient (Wildman–Crippen LogP) is 16.6. The summed E-state index contributed by atoms with van der Waals surface area (Å²) in [6.07, 6.45) is 0. The zero-order valence-corrected chi connectivity index (χ0v) is 33.8. The topological polar surface area (TPSA) is 29.3 Å². The summed E-state index contributed by atoms with van der Waals surface area (Å²) < 4.78 is 8.79. The molecule has 2 aromatic heterocycles. The van der Waals surface area contributed by atoms with E-state index in [1.54, 1.807) is 0 Å². The van der Waals surface area contributed by atoms with Gasteiger partial charge in [-0.1, -0.05) is 164 Å². The molecule has 2 heterocycles. The molecule has 61 heavy (non-hydrogen) atoms. The molecule has 0 saturated carbocycles. The average molecular weight is 797 g/mol. The molecule has 0 amide bonds. The molecule has 12 rings (SSSR count). The first-order chi connectivity index (χ1) is 30.2. The lowest BCUT2D eigenvalue weighted by Crippen LogP contribution is -2.10. The van der Waals surface area contributed by atoms with Crippen molar-refractivity contribution in [3.63, 3.8) is 0 Å². The van der Waals surface area contributed by atoms with E-state index in [0.717, 1.165) is 44.5 Å². The van der Waals surface area contributed by atoms with Crippen LogP contribution in [0.3, 0.4) is 0 Å². The first-order valence-electron chi connectivity index (χ1n) is 20.6. The number of benzene rings is 10. The molecule has 0 radical (unpaired) electrons. The normalized spacial score (nSPS) is 11.6. The van der Waals surface area contributed by atoms with Gasteiger partial charge in [-0.25, -0.2) is 4.98 Å². The van der Waals surface area contributed by atoms with Crippen LogP contribution in [0.4, 0.5) is 17.1 Å². The molecule has 0 fully saturated rings. The molecule has 0 spiro atoms. The standard InChI is InChI=1S/C57H36N2OS/c1-3-13-37(14-4-1)39-23-28-43(29-24-39)59(44-30-25-40(26-31-44)38-15-5-2-6-16-38)52-35-41-17-7-8-18-46(41)56-55(52)50-32-27-42(36-54(50)61-56)45-33-34-49(48-20-10-9-19-47(45)48)57-58-51-21-11-12-22-53(51)60-57/h1-36H. The van der Waals surface area contributed by atoms with Crippen molar-refractivity contribution in [3.8, 4) is 44.8 Å². The van der Waals surface area contributed by atoms with E-state index in [0.29, 0.717) is 5.89 Å². The summed E-state index contributed by atoms with van der Waals surface area (Å²) in [7, 11) is 0. The molecule has 286 valence electrons. The van der Waals surface area contributed by atoms with E-state index in [1.165, 1.54) is 64.3 Å². The zero-order chi connectivity index (χ0) is 40.3.